The Labute approximate surface area is 327 Å². The molecular formula is C49H82O4. The van der Waals surface area contributed by atoms with E-state index in [0.717, 1.165) is 24.0 Å². The maximum absolute atomic E-state index is 13.3. The summed E-state index contributed by atoms with van der Waals surface area (Å²) >= 11 is 0. The molecule has 2 N–H and O–H groups in total. The molecule has 0 heterocycles. The van der Waals surface area contributed by atoms with Crippen molar-refractivity contribution in [1.29, 1.82) is 0 Å². The summed E-state index contributed by atoms with van der Waals surface area (Å²) in [6.45, 7) is 5.08. The molecule has 302 valence electrons. The van der Waals surface area contributed by atoms with E-state index in [1.54, 1.807) is 24.3 Å². The van der Waals surface area contributed by atoms with Gasteiger partial charge in [-0.05, 0) is 54.2 Å². The van der Waals surface area contributed by atoms with Gasteiger partial charge in [-0.25, -0.2) is 0 Å². The topological polar surface area (TPSA) is 66.8 Å². The van der Waals surface area contributed by atoms with Crippen molar-refractivity contribution in [2.75, 3.05) is 6.61 Å². The number of rotatable bonds is 36. The standard InChI is InChI=1S/C49H82O4/c1-3-5-7-9-11-13-15-17-18-19-20-22-24-26-28-30-32-43(31-29-27-25-23-21-16-14-12-10-8-6-4-2)42-53-49(52)41-48(44-33-37-46(50)38-34-44)45-35-39-47(51)40-36-45/h33-40,43,48,50-51H,3-32,41-42H2,1-2H3. The van der Waals surface area contributed by atoms with Crippen LogP contribution in [0.2, 0.25) is 0 Å². The van der Waals surface area contributed by atoms with Gasteiger partial charge in [-0.1, -0.05) is 218 Å². The van der Waals surface area contributed by atoms with Crippen LogP contribution in [0.4, 0.5) is 0 Å². The second-order valence-electron chi connectivity index (χ2n) is 16.3. The minimum Gasteiger partial charge on any atom is -0.508 e. The first kappa shape index (κ1) is 46.7. The first-order valence-electron chi connectivity index (χ1n) is 22.8. The van der Waals surface area contributed by atoms with Crippen LogP contribution in [0.25, 0.3) is 0 Å². The maximum Gasteiger partial charge on any atom is 0.306 e. The molecule has 0 amide bonds. The van der Waals surface area contributed by atoms with E-state index in [0.29, 0.717) is 12.5 Å². The Morgan fingerprint density at radius 3 is 1.04 bits per heavy atom. The highest BCUT2D eigenvalue weighted by molar-refractivity contribution is 5.71. The van der Waals surface area contributed by atoms with Gasteiger partial charge < -0.3 is 14.9 Å². The SMILES string of the molecule is CCCCCCCCCCCCCCCCCCC(CCCCCCCCCCCCCC)COC(=O)CC(c1ccc(O)cc1)c1ccc(O)cc1. The van der Waals surface area contributed by atoms with Gasteiger partial charge in [-0.15, -0.1) is 0 Å². The molecular weight excluding hydrogens is 653 g/mol. The van der Waals surface area contributed by atoms with Crippen molar-refractivity contribution in [2.24, 2.45) is 5.92 Å². The van der Waals surface area contributed by atoms with Crippen molar-refractivity contribution in [2.45, 2.75) is 219 Å². The van der Waals surface area contributed by atoms with Gasteiger partial charge in [0.1, 0.15) is 11.5 Å². The molecule has 4 nitrogen and oxygen atoms in total. The zero-order valence-electron chi connectivity index (χ0n) is 34.6. The summed E-state index contributed by atoms with van der Waals surface area (Å²) in [7, 11) is 0. The third-order valence-corrected chi connectivity index (χ3v) is 11.4. The van der Waals surface area contributed by atoms with Gasteiger partial charge in [0, 0.05) is 5.92 Å². The van der Waals surface area contributed by atoms with Gasteiger partial charge in [-0.3, -0.25) is 4.79 Å². The van der Waals surface area contributed by atoms with E-state index >= 15 is 0 Å². The number of phenolic OH excluding ortho intramolecular Hbond substituents is 2. The van der Waals surface area contributed by atoms with Crippen LogP contribution in [0.5, 0.6) is 11.5 Å². The summed E-state index contributed by atoms with van der Waals surface area (Å²) in [5.74, 6) is 0.460. The molecule has 2 aromatic carbocycles. The van der Waals surface area contributed by atoms with Crippen LogP contribution in [-0.2, 0) is 9.53 Å². The summed E-state index contributed by atoms with van der Waals surface area (Å²) in [6.07, 6.45) is 40.9. The van der Waals surface area contributed by atoms with Gasteiger partial charge in [0.05, 0.1) is 13.0 Å². The van der Waals surface area contributed by atoms with E-state index in [-0.39, 0.29) is 29.8 Å². The van der Waals surface area contributed by atoms with Crippen LogP contribution in [0.3, 0.4) is 0 Å². The van der Waals surface area contributed by atoms with Crippen LogP contribution in [0, 0.1) is 5.92 Å². The lowest BCUT2D eigenvalue weighted by atomic mass is 9.88. The molecule has 0 aromatic heterocycles. The fraction of sp³-hybridized carbons (Fsp3) is 0.735. The van der Waals surface area contributed by atoms with Crippen LogP contribution in [0.15, 0.2) is 48.5 Å². The fourth-order valence-corrected chi connectivity index (χ4v) is 7.84. The molecule has 2 rings (SSSR count). The second kappa shape index (κ2) is 32.9. The third kappa shape index (κ3) is 25.3. The number of carbonyl (C=O) groups excluding carboxylic acids is 1. The second-order valence-corrected chi connectivity index (χ2v) is 16.3. The van der Waals surface area contributed by atoms with Crippen molar-refractivity contribution in [3.8, 4) is 11.5 Å². The highest BCUT2D eigenvalue weighted by atomic mass is 16.5. The highest BCUT2D eigenvalue weighted by Gasteiger charge is 2.21. The van der Waals surface area contributed by atoms with E-state index < -0.39 is 0 Å². The molecule has 0 spiro atoms. The average Bonchev–Trinajstić information content (AvgIpc) is 3.16. The van der Waals surface area contributed by atoms with E-state index in [2.05, 4.69) is 13.8 Å². The van der Waals surface area contributed by atoms with Gasteiger partial charge in [-0.2, -0.15) is 0 Å². The normalized spacial score (nSPS) is 12.1. The first-order chi connectivity index (χ1) is 26.0. The van der Waals surface area contributed by atoms with Crippen molar-refractivity contribution < 1.29 is 19.7 Å². The third-order valence-electron chi connectivity index (χ3n) is 11.4. The number of unbranched alkanes of at least 4 members (excludes halogenated alkanes) is 26. The molecule has 0 radical (unpaired) electrons. The summed E-state index contributed by atoms with van der Waals surface area (Å²) in [6, 6.07) is 14.1. The lowest BCUT2D eigenvalue weighted by Crippen LogP contribution is -2.17. The number of aromatic hydroxyl groups is 2. The van der Waals surface area contributed by atoms with Crippen LogP contribution in [0.1, 0.15) is 230 Å². The number of phenols is 2. The average molecular weight is 735 g/mol. The predicted molar refractivity (Wildman–Crippen MR) is 227 cm³/mol. The van der Waals surface area contributed by atoms with E-state index in [4.69, 9.17) is 4.74 Å². The molecule has 4 heteroatoms. The Balaban J connectivity index is 1.72. The minimum atomic E-state index is -0.196. The molecule has 1 atom stereocenters. The number of ether oxygens (including phenoxy) is 1. The highest BCUT2D eigenvalue weighted by Crippen LogP contribution is 2.31. The summed E-state index contributed by atoms with van der Waals surface area (Å²) in [4.78, 5) is 13.3. The van der Waals surface area contributed by atoms with E-state index in [1.165, 1.54) is 180 Å². The maximum atomic E-state index is 13.3. The minimum absolute atomic E-state index is 0.178. The number of hydrogen-bond donors (Lipinski definition) is 2. The quantitative estimate of drug-likeness (QED) is 0.0540. The molecule has 2 aromatic rings. The molecule has 1 unspecified atom stereocenters. The van der Waals surface area contributed by atoms with Gasteiger partial charge in [0.15, 0.2) is 0 Å². The molecule has 0 aliphatic rings. The van der Waals surface area contributed by atoms with Crippen molar-refractivity contribution in [3.63, 3.8) is 0 Å². The molecule has 0 saturated heterocycles. The number of hydrogen-bond acceptors (Lipinski definition) is 4. The first-order valence-corrected chi connectivity index (χ1v) is 22.8. The Hall–Kier alpha value is -2.49. The summed E-state index contributed by atoms with van der Waals surface area (Å²) in [5, 5.41) is 19.7. The lowest BCUT2D eigenvalue weighted by molar-refractivity contribution is -0.145. The van der Waals surface area contributed by atoms with Gasteiger partial charge in [0.2, 0.25) is 0 Å². The van der Waals surface area contributed by atoms with Crippen molar-refractivity contribution in [3.05, 3.63) is 59.7 Å². The zero-order chi connectivity index (χ0) is 38.0. The molecule has 0 aliphatic heterocycles. The number of esters is 1. The Morgan fingerprint density at radius 2 is 0.736 bits per heavy atom. The molecule has 0 bridgehead atoms. The zero-order valence-corrected chi connectivity index (χ0v) is 34.6. The Morgan fingerprint density at radius 1 is 0.453 bits per heavy atom. The van der Waals surface area contributed by atoms with Crippen molar-refractivity contribution in [1.82, 2.24) is 0 Å². The monoisotopic (exact) mass is 735 g/mol. The molecule has 0 saturated carbocycles. The molecule has 53 heavy (non-hydrogen) atoms. The molecule has 0 fully saturated rings. The smallest absolute Gasteiger partial charge is 0.306 e. The number of benzene rings is 2. The van der Waals surface area contributed by atoms with Crippen LogP contribution >= 0.6 is 0 Å². The predicted octanol–water partition coefficient (Wildman–Crippen LogP) is 15.5. The van der Waals surface area contributed by atoms with E-state index in [9.17, 15) is 15.0 Å². The van der Waals surface area contributed by atoms with Crippen LogP contribution in [-0.4, -0.2) is 22.8 Å². The summed E-state index contributed by atoms with van der Waals surface area (Å²) < 4.78 is 6.02. The molecule has 0 aliphatic carbocycles. The largest absolute Gasteiger partial charge is 0.508 e. The summed E-state index contributed by atoms with van der Waals surface area (Å²) in [5.41, 5.74) is 1.90. The van der Waals surface area contributed by atoms with Gasteiger partial charge in [0.25, 0.3) is 0 Å². The fourth-order valence-electron chi connectivity index (χ4n) is 7.84. The lowest BCUT2D eigenvalue weighted by Gasteiger charge is -2.20. The Kier molecular flexibility index (Phi) is 29.0. The van der Waals surface area contributed by atoms with E-state index in [1.807, 2.05) is 24.3 Å². The van der Waals surface area contributed by atoms with Crippen molar-refractivity contribution >= 4 is 5.97 Å². The Bertz CT molecular complexity index is 1050. The number of carbonyl (C=O) groups is 1. The van der Waals surface area contributed by atoms with Gasteiger partial charge >= 0.3 is 5.97 Å². The van der Waals surface area contributed by atoms with Crippen LogP contribution < -0.4 is 0 Å².